The molecule has 5 heteroatoms. The zero-order valence-electron chi connectivity index (χ0n) is 12.7. The van der Waals surface area contributed by atoms with Crippen LogP contribution < -0.4 is 5.32 Å². The van der Waals surface area contributed by atoms with Crippen LogP contribution in [-0.2, 0) is 17.7 Å². The molecule has 0 spiro atoms. The van der Waals surface area contributed by atoms with Crippen molar-refractivity contribution in [2.24, 2.45) is 0 Å². The number of hydrogen-bond acceptors (Lipinski definition) is 5. The van der Waals surface area contributed by atoms with Crippen molar-refractivity contribution in [3.63, 3.8) is 0 Å². The first kappa shape index (κ1) is 14.4. The number of carbonyl (C=O) groups excluding carboxylic acids is 1. The topological polar surface area (TPSA) is 64.1 Å². The molecule has 1 aliphatic carbocycles. The molecule has 0 amide bonds. The van der Waals surface area contributed by atoms with Crippen LogP contribution in [0.15, 0.2) is 0 Å². The molecule has 0 atom stereocenters. The van der Waals surface area contributed by atoms with E-state index in [4.69, 9.17) is 9.72 Å². The molecule has 0 radical (unpaired) electrons. The third kappa shape index (κ3) is 3.07. The Labute approximate surface area is 125 Å². The molecule has 21 heavy (non-hydrogen) atoms. The number of nitrogens with one attached hydrogen (secondary N) is 1. The summed E-state index contributed by atoms with van der Waals surface area (Å²) in [6.45, 7) is 1.59. The van der Waals surface area contributed by atoms with Gasteiger partial charge in [-0.15, -0.1) is 0 Å². The van der Waals surface area contributed by atoms with Crippen LogP contribution in [0.4, 0.5) is 0 Å². The zero-order chi connectivity index (χ0) is 14.7. The van der Waals surface area contributed by atoms with Gasteiger partial charge in [0.25, 0.3) is 0 Å². The lowest BCUT2D eigenvalue weighted by molar-refractivity contribution is 0.0591. The van der Waals surface area contributed by atoms with Crippen molar-refractivity contribution in [3.05, 3.63) is 22.8 Å². The molecule has 0 aromatic carbocycles. The summed E-state index contributed by atoms with van der Waals surface area (Å²) in [5.41, 5.74) is 2.44. The van der Waals surface area contributed by atoms with E-state index in [9.17, 15) is 4.79 Å². The number of rotatable bonds is 2. The van der Waals surface area contributed by atoms with Crippen LogP contribution in [0.2, 0.25) is 0 Å². The monoisotopic (exact) mass is 289 g/mol. The van der Waals surface area contributed by atoms with Crippen molar-refractivity contribution in [1.82, 2.24) is 15.3 Å². The van der Waals surface area contributed by atoms with Crippen LogP contribution in [0, 0.1) is 0 Å². The standard InChI is InChI=1S/C16H23N3O2/c1-21-16(20)14-12-8-9-17-10-13(12)18-15(19-14)11-6-4-2-3-5-7-11/h11,17H,2-10H2,1H3. The second kappa shape index (κ2) is 6.52. The van der Waals surface area contributed by atoms with Crippen LogP contribution in [0.5, 0.6) is 0 Å². The first-order valence-electron chi connectivity index (χ1n) is 7.98. The number of methoxy groups -OCH3 is 1. The number of carbonyl (C=O) groups is 1. The number of nitrogens with zero attached hydrogens (tertiary/aromatic N) is 2. The maximum Gasteiger partial charge on any atom is 0.357 e. The van der Waals surface area contributed by atoms with Gasteiger partial charge >= 0.3 is 5.97 Å². The van der Waals surface area contributed by atoms with Crippen molar-refractivity contribution in [2.75, 3.05) is 13.7 Å². The van der Waals surface area contributed by atoms with Gasteiger partial charge in [-0.05, 0) is 25.8 Å². The summed E-state index contributed by atoms with van der Waals surface area (Å²) < 4.78 is 4.92. The predicted molar refractivity (Wildman–Crippen MR) is 79.2 cm³/mol. The molecule has 0 unspecified atom stereocenters. The van der Waals surface area contributed by atoms with Gasteiger partial charge in [-0.25, -0.2) is 14.8 Å². The summed E-state index contributed by atoms with van der Waals surface area (Å²) in [4.78, 5) is 21.4. The number of aromatic nitrogens is 2. The second-order valence-electron chi connectivity index (χ2n) is 5.96. The number of ether oxygens (including phenoxy) is 1. The van der Waals surface area contributed by atoms with E-state index in [1.807, 2.05) is 0 Å². The zero-order valence-corrected chi connectivity index (χ0v) is 12.7. The van der Waals surface area contributed by atoms with Crippen molar-refractivity contribution < 1.29 is 9.53 Å². The summed E-state index contributed by atoms with van der Waals surface area (Å²) in [6.07, 6.45) is 8.12. The lowest BCUT2D eigenvalue weighted by Gasteiger charge is -2.21. The van der Waals surface area contributed by atoms with Crippen molar-refractivity contribution in [2.45, 2.75) is 57.4 Å². The van der Waals surface area contributed by atoms with E-state index in [1.165, 1.54) is 32.8 Å². The van der Waals surface area contributed by atoms with Gasteiger partial charge in [0.05, 0.1) is 12.8 Å². The third-order valence-corrected chi connectivity index (χ3v) is 4.55. The van der Waals surface area contributed by atoms with E-state index in [0.29, 0.717) is 11.6 Å². The van der Waals surface area contributed by atoms with Gasteiger partial charge in [0.1, 0.15) is 5.82 Å². The first-order valence-corrected chi connectivity index (χ1v) is 7.98. The van der Waals surface area contributed by atoms with Crippen molar-refractivity contribution in [3.8, 4) is 0 Å². The highest BCUT2D eigenvalue weighted by molar-refractivity contribution is 5.89. The van der Waals surface area contributed by atoms with Crippen LogP contribution >= 0.6 is 0 Å². The van der Waals surface area contributed by atoms with Crippen molar-refractivity contribution in [1.29, 1.82) is 0 Å². The average Bonchev–Trinajstić information content (AvgIpc) is 2.82. The molecule has 1 fully saturated rings. The summed E-state index contributed by atoms with van der Waals surface area (Å²) in [5.74, 6) is 0.910. The Balaban J connectivity index is 1.98. The molecule has 1 N–H and O–H groups in total. The highest BCUT2D eigenvalue weighted by Crippen LogP contribution is 2.31. The minimum Gasteiger partial charge on any atom is -0.464 e. The first-order chi connectivity index (χ1) is 10.3. The number of fused-ring (bicyclic) bond motifs is 1. The molecule has 1 saturated carbocycles. The lowest BCUT2D eigenvalue weighted by Crippen LogP contribution is -2.29. The fraction of sp³-hybridized carbons (Fsp3) is 0.688. The second-order valence-corrected chi connectivity index (χ2v) is 5.96. The predicted octanol–water partition coefficient (Wildman–Crippen LogP) is 2.35. The molecule has 114 valence electrons. The van der Waals surface area contributed by atoms with Gasteiger partial charge in [-0.2, -0.15) is 0 Å². The van der Waals surface area contributed by atoms with E-state index in [1.54, 1.807) is 0 Å². The molecule has 3 rings (SSSR count). The smallest absolute Gasteiger partial charge is 0.357 e. The molecule has 1 aliphatic heterocycles. The lowest BCUT2D eigenvalue weighted by atomic mass is 9.97. The molecule has 0 bridgehead atoms. The summed E-state index contributed by atoms with van der Waals surface area (Å²) in [7, 11) is 1.42. The highest BCUT2D eigenvalue weighted by atomic mass is 16.5. The van der Waals surface area contributed by atoms with E-state index in [2.05, 4.69) is 10.3 Å². The average molecular weight is 289 g/mol. The Kier molecular flexibility index (Phi) is 4.48. The van der Waals surface area contributed by atoms with Gasteiger partial charge < -0.3 is 10.1 Å². The number of hydrogen-bond donors (Lipinski definition) is 1. The summed E-state index contributed by atoms with van der Waals surface area (Å²) >= 11 is 0. The van der Waals surface area contributed by atoms with E-state index in [-0.39, 0.29) is 5.97 Å². The largest absolute Gasteiger partial charge is 0.464 e. The molecule has 1 aromatic rings. The minimum absolute atomic E-state index is 0.328. The Hall–Kier alpha value is -1.49. The molecule has 5 nitrogen and oxygen atoms in total. The third-order valence-electron chi connectivity index (χ3n) is 4.55. The molecule has 0 saturated heterocycles. The van der Waals surface area contributed by atoms with Crippen LogP contribution in [0.25, 0.3) is 0 Å². The van der Waals surface area contributed by atoms with Crippen molar-refractivity contribution >= 4 is 5.97 Å². The fourth-order valence-electron chi connectivity index (χ4n) is 3.36. The summed E-state index contributed by atoms with van der Waals surface area (Å²) in [5, 5.41) is 3.33. The molecular weight excluding hydrogens is 266 g/mol. The molecule has 2 heterocycles. The van der Waals surface area contributed by atoms with Crippen LogP contribution in [0.3, 0.4) is 0 Å². The van der Waals surface area contributed by atoms with Gasteiger partial charge in [-0.3, -0.25) is 0 Å². The minimum atomic E-state index is -0.328. The normalized spacial score (nSPS) is 19.7. The Bertz CT molecular complexity index is 522. The number of esters is 1. The van der Waals surface area contributed by atoms with E-state index >= 15 is 0 Å². The van der Waals surface area contributed by atoms with Gasteiger partial charge in [0, 0.05) is 18.0 Å². The van der Waals surface area contributed by atoms with Crippen LogP contribution in [-0.4, -0.2) is 29.6 Å². The Morgan fingerprint density at radius 2 is 1.95 bits per heavy atom. The Morgan fingerprint density at radius 3 is 2.67 bits per heavy atom. The van der Waals surface area contributed by atoms with Gasteiger partial charge in [-0.1, -0.05) is 25.7 Å². The SMILES string of the molecule is COC(=O)c1nc(C2CCCCCC2)nc2c1CCNC2. The highest BCUT2D eigenvalue weighted by Gasteiger charge is 2.25. The quantitative estimate of drug-likeness (QED) is 0.669. The molecule has 2 aliphatic rings. The van der Waals surface area contributed by atoms with E-state index < -0.39 is 0 Å². The van der Waals surface area contributed by atoms with Crippen LogP contribution in [0.1, 0.15) is 72.0 Å². The fourth-order valence-corrected chi connectivity index (χ4v) is 3.36. The molecular formula is C16H23N3O2. The van der Waals surface area contributed by atoms with Gasteiger partial charge in [0.15, 0.2) is 5.69 Å². The molecule has 1 aromatic heterocycles. The van der Waals surface area contributed by atoms with E-state index in [0.717, 1.165) is 49.4 Å². The maximum absolute atomic E-state index is 12.1. The summed E-state index contributed by atoms with van der Waals surface area (Å²) in [6, 6.07) is 0. The van der Waals surface area contributed by atoms with Gasteiger partial charge in [0.2, 0.25) is 0 Å². The Morgan fingerprint density at radius 1 is 1.19 bits per heavy atom. The maximum atomic E-state index is 12.1.